The van der Waals surface area contributed by atoms with Crippen LogP contribution in [0.15, 0.2) is 48.5 Å². The number of amides is 1. The molecule has 0 aliphatic carbocycles. The molecule has 0 unspecified atom stereocenters. The number of carbonyl (C=O) groups excluding carboxylic acids is 1. The van der Waals surface area contributed by atoms with E-state index in [0.29, 0.717) is 17.0 Å². The summed E-state index contributed by atoms with van der Waals surface area (Å²) in [5, 5.41) is 14.5. The first-order valence-electron chi connectivity index (χ1n) is 6.40. The number of para-hydroxylation sites is 2. The first kappa shape index (κ1) is 14.4. The van der Waals surface area contributed by atoms with Crippen LogP contribution in [-0.2, 0) is 4.79 Å². The van der Waals surface area contributed by atoms with E-state index in [4.69, 9.17) is 10.00 Å². The van der Waals surface area contributed by atoms with E-state index in [1.54, 1.807) is 43.5 Å². The van der Waals surface area contributed by atoms with Crippen LogP contribution in [0.4, 0.5) is 11.4 Å². The van der Waals surface area contributed by atoms with Gasteiger partial charge in [-0.1, -0.05) is 12.1 Å². The Kier molecular flexibility index (Phi) is 4.78. The van der Waals surface area contributed by atoms with Gasteiger partial charge in [0, 0.05) is 5.69 Å². The van der Waals surface area contributed by atoms with E-state index >= 15 is 0 Å². The van der Waals surface area contributed by atoms with Crippen LogP contribution in [0, 0.1) is 11.3 Å². The van der Waals surface area contributed by atoms with Crippen molar-refractivity contribution in [3.63, 3.8) is 0 Å². The quantitative estimate of drug-likeness (QED) is 0.883. The number of carbonyl (C=O) groups is 1. The van der Waals surface area contributed by atoms with Gasteiger partial charge in [0.25, 0.3) is 0 Å². The van der Waals surface area contributed by atoms with Crippen molar-refractivity contribution in [1.82, 2.24) is 0 Å². The molecule has 0 aliphatic heterocycles. The number of ether oxygens (including phenoxy) is 1. The van der Waals surface area contributed by atoms with Crippen LogP contribution in [0.2, 0.25) is 0 Å². The summed E-state index contributed by atoms with van der Waals surface area (Å²) in [4.78, 5) is 11.9. The predicted octanol–water partition coefficient (Wildman–Crippen LogP) is 2.62. The van der Waals surface area contributed by atoms with Gasteiger partial charge in [-0.3, -0.25) is 4.79 Å². The standard InChI is InChI=1S/C16H15N3O2/c1-21-15-5-3-2-4-14(15)19-16(20)11-18-13-8-6-12(10-17)7-9-13/h2-9,18H,11H2,1H3,(H,19,20). The number of nitrogens with one attached hydrogen (secondary N) is 2. The minimum atomic E-state index is -0.177. The molecule has 2 aromatic carbocycles. The molecular formula is C16H15N3O2. The topological polar surface area (TPSA) is 74.2 Å². The van der Waals surface area contributed by atoms with Crippen molar-refractivity contribution in [1.29, 1.82) is 5.26 Å². The van der Waals surface area contributed by atoms with Gasteiger partial charge < -0.3 is 15.4 Å². The fourth-order valence-corrected chi connectivity index (χ4v) is 1.79. The lowest BCUT2D eigenvalue weighted by atomic mass is 10.2. The van der Waals surface area contributed by atoms with E-state index in [-0.39, 0.29) is 12.5 Å². The van der Waals surface area contributed by atoms with E-state index in [9.17, 15) is 4.79 Å². The van der Waals surface area contributed by atoms with E-state index in [2.05, 4.69) is 10.6 Å². The maximum atomic E-state index is 11.9. The minimum absolute atomic E-state index is 0.129. The zero-order chi connectivity index (χ0) is 15.1. The predicted molar refractivity (Wildman–Crippen MR) is 81.3 cm³/mol. The van der Waals surface area contributed by atoms with Gasteiger partial charge in [0.05, 0.1) is 31.0 Å². The number of nitriles is 1. The number of hydrogen-bond acceptors (Lipinski definition) is 4. The molecule has 0 heterocycles. The molecule has 0 saturated carbocycles. The lowest BCUT2D eigenvalue weighted by Crippen LogP contribution is -2.22. The Hall–Kier alpha value is -3.00. The first-order valence-corrected chi connectivity index (χ1v) is 6.40. The van der Waals surface area contributed by atoms with Gasteiger partial charge in [0.1, 0.15) is 5.75 Å². The summed E-state index contributed by atoms with van der Waals surface area (Å²) in [5.74, 6) is 0.438. The van der Waals surface area contributed by atoms with Gasteiger partial charge in [-0.05, 0) is 36.4 Å². The highest BCUT2D eigenvalue weighted by Crippen LogP contribution is 2.22. The largest absolute Gasteiger partial charge is 0.495 e. The van der Waals surface area contributed by atoms with Gasteiger partial charge in [0.15, 0.2) is 0 Å². The zero-order valence-corrected chi connectivity index (χ0v) is 11.6. The third kappa shape index (κ3) is 3.98. The molecule has 2 N–H and O–H groups in total. The van der Waals surface area contributed by atoms with Crippen LogP contribution in [0.5, 0.6) is 5.75 Å². The van der Waals surface area contributed by atoms with Crippen molar-refractivity contribution in [2.45, 2.75) is 0 Å². The fraction of sp³-hybridized carbons (Fsp3) is 0.125. The number of hydrogen-bond donors (Lipinski definition) is 2. The SMILES string of the molecule is COc1ccccc1NC(=O)CNc1ccc(C#N)cc1. The van der Waals surface area contributed by atoms with Crippen molar-refractivity contribution in [3.05, 3.63) is 54.1 Å². The molecule has 2 aromatic rings. The van der Waals surface area contributed by atoms with Gasteiger partial charge in [-0.25, -0.2) is 0 Å². The molecule has 0 saturated heterocycles. The normalized spacial score (nSPS) is 9.52. The molecule has 0 spiro atoms. The highest BCUT2D eigenvalue weighted by Gasteiger charge is 2.06. The summed E-state index contributed by atoms with van der Waals surface area (Å²) in [5.41, 5.74) is 2.00. The fourth-order valence-electron chi connectivity index (χ4n) is 1.79. The number of benzene rings is 2. The van der Waals surface area contributed by atoms with Gasteiger partial charge >= 0.3 is 0 Å². The van der Waals surface area contributed by atoms with Crippen LogP contribution < -0.4 is 15.4 Å². The first-order chi connectivity index (χ1) is 10.2. The van der Waals surface area contributed by atoms with E-state index in [1.165, 1.54) is 0 Å². The van der Waals surface area contributed by atoms with Crippen LogP contribution >= 0.6 is 0 Å². The molecular weight excluding hydrogens is 266 g/mol. The van der Waals surface area contributed by atoms with Crippen molar-refractivity contribution in [2.24, 2.45) is 0 Å². The van der Waals surface area contributed by atoms with Crippen LogP contribution in [-0.4, -0.2) is 19.6 Å². The Labute approximate surface area is 123 Å². The Bertz CT molecular complexity index is 660. The zero-order valence-electron chi connectivity index (χ0n) is 11.6. The summed E-state index contributed by atoms with van der Waals surface area (Å²) in [6.45, 7) is 0.129. The summed E-state index contributed by atoms with van der Waals surface area (Å²) in [6, 6.07) is 16.2. The van der Waals surface area contributed by atoms with Gasteiger partial charge in [-0.2, -0.15) is 5.26 Å². The van der Waals surface area contributed by atoms with E-state index in [0.717, 1.165) is 5.69 Å². The van der Waals surface area contributed by atoms with Crippen molar-refractivity contribution in [3.8, 4) is 11.8 Å². The second-order valence-electron chi connectivity index (χ2n) is 4.29. The van der Waals surface area contributed by atoms with E-state index in [1.807, 2.05) is 18.2 Å². The summed E-state index contributed by atoms with van der Waals surface area (Å²) < 4.78 is 5.17. The Morgan fingerprint density at radius 3 is 2.57 bits per heavy atom. The number of rotatable bonds is 5. The molecule has 0 bridgehead atoms. The maximum Gasteiger partial charge on any atom is 0.243 e. The summed E-state index contributed by atoms with van der Waals surface area (Å²) in [7, 11) is 1.56. The lowest BCUT2D eigenvalue weighted by Gasteiger charge is -2.10. The molecule has 2 rings (SSSR count). The Morgan fingerprint density at radius 1 is 1.19 bits per heavy atom. The third-order valence-corrected chi connectivity index (χ3v) is 2.85. The minimum Gasteiger partial charge on any atom is -0.495 e. The molecule has 0 radical (unpaired) electrons. The number of anilines is 2. The van der Waals surface area contributed by atoms with Crippen LogP contribution in [0.25, 0.3) is 0 Å². The number of nitrogens with zero attached hydrogens (tertiary/aromatic N) is 1. The van der Waals surface area contributed by atoms with Gasteiger partial charge in [0.2, 0.25) is 5.91 Å². The number of methoxy groups -OCH3 is 1. The monoisotopic (exact) mass is 281 g/mol. The molecule has 106 valence electrons. The average molecular weight is 281 g/mol. The van der Waals surface area contributed by atoms with E-state index < -0.39 is 0 Å². The molecule has 5 nitrogen and oxygen atoms in total. The Balaban J connectivity index is 1.91. The highest BCUT2D eigenvalue weighted by atomic mass is 16.5. The van der Waals surface area contributed by atoms with Crippen LogP contribution in [0.1, 0.15) is 5.56 Å². The van der Waals surface area contributed by atoms with Crippen molar-refractivity contribution in [2.75, 3.05) is 24.3 Å². The van der Waals surface area contributed by atoms with Crippen molar-refractivity contribution >= 4 is 17.3 Å². The third-order valence-electron chi connectivity index (χ3n) is 2.85. The smallest absolute Gasteiger partial charge is 0.243 e. The highest BCUT2D eigenvalue weighted by molar-refractivity contribution is 5.95. The molecule has 0 fully saturated rings. The van der Waals surface area contributed by atoms with Crippen LogP contribution in [0.3, 0.4) is 0 Å². The maximum absolute atomic E-state index is 11.9. The second kappa shape index (κ2) is 6.96. The summed E-state index contributed by atoms with van der Waals surface area (Å²) >= 11 is 0. The summed E-state index contributed by atoms with van der Waals surface area (Å²) in [6.07, 6.45) is 0. The molecule has 0 atom stereocenters. The molecule has 0 aromatic heterocycles. The molecule has 1 amide bonds. The molecule has 0 aliphatic rings. The molecule has 21 heavy (non-hydrogen) atoms. The average Bonchev–Trinajstić information content (AvgIpc) is 2.54. The second-order valence-corrected chi connectivity index (χ2v) is 4.29. The lowest BCUT2D eigenvalue weighted by molar-refractivity contribution is -0.114. The molecule has 5 heteroatoms. The Morgan fingerprint density at radius 2 is 1.90 bits per heavy atom. The van der Waals surface area contributed by atoms with Crippen molar-refractivity contribution < 1.29 is 9.53 Å². The van der Waals surface area contributed by atoms with Gasteiger partial charge in [-0.15, -0.1) is 0 Å².